The number of H-pyrrole nitrogens is 1. The molecule has 5 aromatic rings. The van der Waals surface area contributed by atoms with E-state index < -0.39 is 10.0 Å². The lowest BCUT2D eigenvalue weighted by atomic mass is 10.1. The van der Waals surface area contributed by atoms with Crippen LogP contribution in [0.4, 0.5) is 0 Å². The molecular formula is C29H29N5O3S2. The standard InChI is InChI=1S/C29H29N5O3S2/c1-4-33(5-2)39(36,37)23-15-11-12-21(18-23)28-31-32-29(34(28)22-13-7-6-8-14-22)38-19-26(35)27-20(3)30-25-17-10-9-16-24(25)27/h6-18,30H,4-5,19H2,1-3H3. The number of fused-ring (bicyclic) bond motifs is 1. The summed E-state index contributed by atoms with van der Waals surface area (Å²) in [5.74, 6) is 0.659. The Kier molecular flexibility index (Phi) is 7.69. The van der Waals surface area contributed by atoms with Crippen LogP contribution >= 0.6 is 11.8 Å². The Morgan fingerprint density at radius 1 is 0.949 bits per heavy atom. The number of hydrogen-bond acceptors (Lipinski definition) is 6. The Balaban J connectivity index is 1.52. The van der Waals surface area contributed by atoms with Crippen LogP contribution in [0.3, 0.4) is 0 Å². The first-order chi connectivity index (χ1) is 18.8. The highest BCUT2D eigenvalue weighted by atomic mass is 32.2. The third-order valence-electron chi connectivity index (χ3n) is 6.59. The normalized spacial score (nSPS) is 11.9. The number of ketones is 1. The average molecular weight is 560 g/mol. The number of benzene rings is 3. The number of carbonyl (C=O) groups is 1. The molecule has 1 N–H and O–H groups in total. The van der Waals surface area contributed by atoms with Crippen molar-refractivity contribution in [3.05, 3.63) is 90.1 Å². The van der Waals surface area contributed by atoms with Crippen molar-refractivity contribution >= 4 is 38.5 Å². The molecule has 0 unspecified atom stereocenters. The first-order valence-electron chi connectivity index (χ1n) is 12.7. The number of aromatic nitrogens is 4. The van der Waals surface area contributed by atoms with Crippen LogP contribution in [-0.2, 0) is 10.0 Å². The van der Waals surface area contributed by atoms with Gasteiger partial charge in [0.2, 0.25) is 10.0 Å². The van der Waals surface area contributed by atoms with E-state index in [4.69, 9.17) is 0 Å². The Morgan fingerprint density at radius 2 is 1.67 bits per heavy atom. The van der Waals surface area contributed by atoms with Crippen LogP contribution in [0.2, 0.25) is 0 Å². The zero-order valence-electron chi connectivity index (χ0n) is 22.0. The van der Waals surface area contributed by atoms with E-state index in [1.807, 2.05) is 86.0 Å². The number of aromatic amines is 1. The van der Waals surface area contributed by atoms with Gasteiger partial charge < -0.3 is 4.98 Å². The number of carbonyl (C=O) groups excluding carboxylic acids is 1. The van der Waals surface area contributed by atoms with Crippen LogP contribution in [-0.4, -0.2) is 57.1 Å². The molecule has 0 amide bonds. The molecule has 200 valence electrons. The molecule has 2 heterocycles. The van der Waals surface area contributed by atoms with Gasteiger partial charge in [0.1, 0.15) is 0 Å². The van der Waals surface area contributed by atoms with Gasteiger partial charge in [-0.1, -0.05) is 74.1 Å². The maximum Gasteiger partial charge on any atom is 0.243 e. The fraction of sp³-hybridized carbons (Fsp3) is 0.207. The molecule has 5 rings (SSSR count). The molecule has 2 aromatic heterocycles. The molecule has 0 bridgehead atoms. The van der Waals surface area contributed by atoms with Crippen LogP contribution in [0.25, 0.3) is 28.0 Å². The number of Topliss-reactive ketones (excluding diaryl/α,β-unsaturated/α-hetero) is 1. The molecule has 0 aliphatic carbocycles. The van der Waals surface area contributed by atoms with Gasteiger partial charge in [0, 0.05) is 46.5 Å². The van der Waals surface area contributed by atoms with Crippen molar-refractivity contribution in [2.24, 2.45) is 0 Å². The molecular weight excluding hydrogens is 530 g/mol. The Hall–Kier alpha value is -3.73. The van der Waals surface area contributed by atoms with Crippen molar-refractivity contribution in [2.75, 3.05) is 18.8 Å². The number of nitrogens with one attached hydrogen (secondary N) is 1. The van der Waals surface area contributed by atoms with Crippen LogP contribution in [0, 0.1) is 6.92 Å². The first kappa shape index (κ1) is 26.9. The monoisotopic (exact) mass is 559 g/mol. The van der Waals surface area contributed by atoms with Crippen LogP contribution in [0.15, 0.2) is 88.9 Å². The van der Waals surface area contributed by atoms with Crippen LogP contribution < -0.4 is 0 Å². The van der Waals surface area contributed by atoms with E-state index in [1.54, 1.807) is 18.2 Å². The summed E-state index contributed by atoms with van der Waals surface area (Å²) in [5, 5.41) is 10.3. The predicted octanol–water partition coefficient (Wildman–Crippen LogP) is 5.73. The molecule has 0 fully saturated rings. The number of nitrogens with zero attached hydrogens (tertiary/aromatic N) is 4. The third kappa shape index (κ3) is 5.15. The van der Waals surface area contributed by atoms with E-state index in [1.165, 1.54) is 16.1 Å². The molecule has 0 saturated carbocycles. The van der Waals surface area contributed by atoms with Gasteiger partial charge in [0.25, 0.3) is 0 Å². The quantitative estimate of drug-likeness (QED) is 0.173. The van der Waals surface area contributed by atoms with Crippen molar-refractivity contribution < 1.29 is 13.2 Å². The first-order valence-corrected chi connectivity index (χ1v) is 15.1. The Bertz CT molecular complexity index is 1740. The van der Waals surface area contributed by atoms with Gasteiger partial charge in [0.05, 0.1) is 10.6 Å². The second-order valence-electron chi connectivity index (χ2n) is 8.98. The van der Waals surface area contributed by atoms with Crippen LogP contribution in [0.1, 0.15) is 29.9 Å². The summed E-state index contributed by atoms with van der Waals surface area (Å²) in [7, 11) is -3.65. The van der Waals surface area contributed by atoms with Gasteiger partial charge in [-0.15, -0.1) is 10.2 Å². The molecule has 8 nitrogen and oxygen atoms in total. The molecule has 0 aliphatic heterocycles. The lowest BCUT2D eigenvalue weighted by Gasteiger charge is -2.19. The number of thioether (sulfide) groups is 1. The zero-order valence-corrected chi connectivity index (χ0v) is 23.6. The summed E-state index contributed by atoms with van der Waals surface area (Å²) in [6.45, 7) is 6.31. The lowest BCUT2D eigenvalue weighted by Crippen LogP contribution is -2.30. The summed E-state index contributed by atoms with van der Waals surface area (Å²) < 4.78 is 29.7. The molecule has 3 aromatic carbocycles. The minimum Gasteiger partial charge on any atom is -0.358 e. The number of sulfonamides is 1. The zero-order chi connectivity index (χ0) is 27.6. The van der Waals surface area contributed by atoms with Crippen molar-refractivity contribution in [3.63, 3.8) is 0 Å². The van der Waals surface area contributed by atoms with Crippen LogP contribution in [0.5, 0.6) is 0 Å². The summed E-state index contributed by atoms with van der Waals surface area (Å²) in [4.78, 5) is 16.8. The summed E-state index contributed by atoms with van der Waals surface area (Å²) >= 11 is 1.30. The second-order valence-corrected chi connectivity index (χ2v) is 11.9. The topological polar surface area (TPSA) is 101 Å². The van der Waals surface area contributed by atoms with E-state index in [0.717, 1.165) is 22.3 Å². The SMILES string of the molecule is CCN(CC)S(=O)(=O)c1cccc(-c2nnc(SCC(=O)c3c(C)[nH]c4ccccc34)n2-c2ccccc2)c1. The van der Waals surface area contributed by atoms with Gasteiger partial charge in [-0.2, -0.15) is 4.31 Å². The van der Waals surface area contributed by atoms with Crippen molar-refractivity contribution in [3.8, 4) is 17.1 Å². The summed E-state index contributed by atoms with van der Waals surface area (Å²) in [6.07, 6.45) is 0. The van der Waals surface area contributed by atoms with E-state index in [9.17, 15) is 13.2 Å². The maximum absolute atomic E-state index is 13.3. The van der Waals surface area contributed by atoms with Crippen molar-refractivity contribution in [2.45, 2.75) is 30.8 Å². The van der Waals surface area contributed by atoms with E-state index in [-0.39, 0.29) is 16.4 Å². The average Bonchev–Trinajstić information content (AvgIpc) is 3.53. The summed E-state index contributed by atoms with van der Waals surface area (Å²) in [6, 6.07) is 24.1. The van der Waals surface area contributed by atoms with Gasteiger partial charge in [0.15, 0.2) is 16.8 Å². The molecule has 0 saturated heterocycles. The van der Waals surface area contributed by atoms with E-state index in [0.29, 0.717) is 35.2 Å². The molecule has 0 radical (unpaired) electrons. The molecule has 0 spiro atoms. The number of rotatable bonds is 10. The predicted molar refractivity (Wildman–Crippen MR) is 155 cm³/mol. The highest BCUT2D eigenvalue weighted by molar-refractivity contribution is 7.99. The smallest absolute Gasteiger partial charge is 0.243 e. The lowest BCUT2D eigenvalue weighted by molar-refractivity contribution is 0.102. The highest BCUT2D eigenvalue weighted by Crippen LogP contribution is 2.31. The number of hydrogen-bond donors (Lipinski definition) is 1. The largest absolute Gasteiger partial charge is 0.358 e. The highest BCUT2D eigenvalue weighted by Gasteiger charge is 2.24. The minimum absolute atomic E-state index is 0.00794. The minimum atomic E-state index is -3.65. The second kappa shape index (κ2) is 11.2. The van der Waals surface area contributed by atoms with Gasteiger partial charge in [-0.25, -0.2) is 8.42 Å². The molecule has 0 atom stereocenters. The fourth-order valence-corrected chi connectivity index (χ4v) is 7.04. The molecule has 39 heavy (non-hydrogen) atoms. The fourth-order valence-electron chi connectivity index (χ4n) is 4.71. The summed E-state index contributed by atoms with van der Waals surface area (Å²) in [5.41, 5.74) is 3.87. The van der Waals surface area contributed by atoms with E-state index >= 15 is 0 Å². The Morgan fingerprint density at radius 3 is 2.41 bits per heavy atom. The third-order valence-corrected chi connectivity index (χ3v) is 9.56. The molecule has 10 heteroatoms. The van der Waals surface area contributed by atoms with E-state index in [2.05, 4.69) is 15.2 Å². The van der Waals surface area contributed by atoms with Crippen molar-refractivity contribution in [1.29, 1.82) is 0 Å². The number of aryl methyl sites for hydroxylation is 1. The van der Waals surface area contributed by atoms with Crippen molar-refractivity contribution in [1.82, 2.24) is 24.1 Å². The number of para-hydroxylation sites is 2. The van der Waals surface area contributed by atoms with Gasteiger partial charge in [-0.3, -0.25) is 9.36 Å². The van der Waals surface area contributed by atoms with Gasteiger partial charge in [-0.05, 0) is 37.3 Å². The Labute approximate surface area is 232 Å². The van der Waals surface area contributed by atoms with Gasteiger partial charge >= 0.3 is 0 Å². The maximum atomic E-state index is 13.3. The molecule has 0 aliphatic rings.